The van der Waals surface area contributed by atoms with Crippen LogP contribution in [0.15, 0.2) is 35.6 Å². The minimum absolute atomic E-state index is 0.0360. The molecule has 0 atom stereocenters. The van der Waals surface area contributed by atoms with E-state index in [2.05, 4.69) is 19.9 Å². The van der Waals surface area contributed by atoms with E-state index in [0.29, 0.717) is 5.92 Å². The predicted octanol–water partition coefficient (Wildman–Crippen LogP) is 1.25. The van der Waals surface area contributed by atoms with Crippen molar-refractivity contribution < 1.29 is 0 Å². The van der Waals surface area contributed by atoms with Gasteiger partial charge >= 0.3 is 0 Å². The normalized spacial score (nSPS) is 16.8. The largest absolute Gasteiger partial charge is 0.299 e. The average molecular weight is 299 g/mol. The van der Waals surface area contributed by atoms with Gasteiger partial charge in [0, 0.05) is 31.5 Å². The molecule has 0 radical (unpaired) electrons. The molecule has 1 saturated heterocycles. The Morgan fingerprint density at radius 3 is 2.77 bits per heavy atom. The van der Waals surface area contributed by atoms with Gasteiger partial charge in [0.2, 0.25) is 0 Å². The van der Waals surface area contributed by atoms with Crippen molar-refractivity contribution >= 4 is 0 Å². The first-order valence-corrected chi connectivity index (χ1v) is 7.72. The molecule has 3 rings (SSSR count). The van der Waals surface area contributed by atoms with Crippen LogP contribution >= 0.6 is 0 Å². The van der Waals surface area contributed by atoms with E-state index in [1.165, 1.54) is 6.07 Å². The Bertz CT molecular complexity index is 676. The lowest BCUT2D eigenvalue weighted by Gasteiger charge is -2.31. The number of nitrogens with zero attached hydrogens (tertiary/aromatic N) is 5. The van der Waals surface area contributed by atoms with Crippen molar-refractivity contribution in [2.24, 2.45) is 5.92 Å². The van der Waals surface area contributed by atoms with Crippen LogP contribution in [0, 0.1) is 12.8 Å². The Balaban J connectivity index is 1.52. The summed E-state index contributed by atoms with van der Waals surface area (Å²) in [6, 6.07) is 3.50. The van der Waals surface area contributed by atoms with Gasteiger partial charge in [-0.05, 0) is 44.8 Å². The molecule has 3 heterocycles. The molecular weight excluding hydrogens is 278 g/mol. The molecule has 1 fully saturated rings. The zero-order valence-electron chi connectivity index (χ0n) is 12.9. The van der Waals surface area contributed by atoms with Gasteiger partial charge < -0.3 is 0 Å². The molecule has 6 nitrogen and oxygen atoms in total. The van der Waals surface area contributed by atoms with Crippen molar-refractivity contribution in [1.29, 1.82) is 0 Å². The second-order valence-electron chi connectivity index (χ2n) is 5.89. The zero-order valence-corrected chi connectivity index (χ0v) is 12.9. The van der Waals surface area contributed by atoms with E-state index in [0.717, 1.165) is 50.5 Å². The molecule has 2 aromatic rings. The van der Waals surface area contributed by atoms with E-state index >= 15 is 0 Å². The van der Waals surface area contributed by atoms with Crippen molar-refractivity contribution in [1.82, 2.24) is 24.4 Å². The predicted molar refractivity (Wildman–Crippen MR) is 83.3 cm³/mol. The summed E-state index contributed by atoms with van der Waals surface area (Å²) >= 11 is 0. The summed E-state index contributed by atoms with van der Waals surface area (Å²) in [5.41, 5.74) is 1.11. The molecule has 0 spiro atoms. The van der Waals surface area contributed by atoms with Gasteiger partial charge in [-0.25, -0.2) is 15.0 Å². The van der Waals surface area contributed by atoms with Crippen LogP contribution < -0.4 is 5.56 Å². The molecule has 0 N–H and O–H groups in total. The smallest absolute Gasteiger partial charge is 0.253 e. The van der Waals surface area contributed by atoms with Gasteiger partial charge in [0.25, 0.3) is 5.56 Å². The van der Waals surface area contributed by atoms with E-state index < -0.39 is 0 Å². The molecular formula is C16H21N5O. The van der Waals surface area contributed by atoms with Gasteiger partial charge in [0.05, 0.1) is 12.0 Å². The number of rotatable bonds is 4. The number of aryl methyl sites for hydroxylation is 1. The fraction of sp³-hybridized carbons (Fsp3) is 0.500. The molecule has 0 aromatic carbocycles. The van der Waals surface area contributed by atoms with Gasteiger partial charge in [-0.1, -0.05) is 0 Å². The van der Waals surface area contributed by atoms with Gasteiger partial charge in [0.1, 0.15) is 5.82 Å². The zero-order chi connectivity index (χ0) is 15.4. The van der Waals surface area contributed by atoms with Crippen molar-refractivity contribution in [3.63, 3.8) is 0 Å². The van der Waals surface area contributed by atoms with E-state index in [4.69, 9.17) is 0 Å². The van der Waals surface area contributed by atoms with Crippen molar-refractivity contribution in [2.45, 2.75) is 32.9 Å². The van der Waals surface area contributed by atoms with Gasteiger partial charge in [0.15, 0.2) is 0 Å². The summed E-state index contributed by atoms with van der Waals surface area (Å²) in [5.74, 6) is 1.37. The standard InChI is InChI=1S/C16H21N5O/c1-13-18-7-2-15(19-13)11-20-8-4-14(5-9-20)10-21-12-17-6-3-16(21)22/h2-3,6-7,12,14H,4-5,8-11H2,1H3. The fourth-order valence-corrected chi connectivity index (χ4v) is 2.94. The number of piperidine rings is 1. The quantitative estimate of drug-likeness (QED) is 0.850. The van der Waals surface area contributed by atoms with Crippen molar-refractivity contribution in [3.05, 3.63) is 52.7 Å². The highest BCUT2D eigenvalue weighted by Gasteiger charge is 2.20. The van der Waals surface area contributed by atoms with E-state index in [1.807, 2.05) is 19.2 Å². The first-order valence-electron chi connectivity index (χ1n) is 7.72. The fourth-order valence-electron chi connectivity index (χ4n) is 2.94. The highest BCUT2D eigenvalue weighted by atomic mass is 16.1. The molecule has 0 unspecified atom stereocenters. The molecule has 0 saturated carbocycles. The Hall–Kier alpha value is -2.08. The lowest BCUT2D eigenvalue weighted by molar-refractivity contribution is 0.164. The third-order valence-electron chi connectivity index (χ3n) is 4.17. The maximum Gasteiger partial charge on any atom is 0.253 e. The maximum absolute atomic E-state index is 11.7. The summed E-state index contributed by atoms with van der Waals surface area (Å²) in [6.45, 7) is 5.66. The van der Waals surface area contributed by atoms with Crippen LogP contribution in [0.5, 0.6) is 0 Å². The molecule has 1 aliphatic heterocycles. The minimum atomic E-state index is 0.0360. The number of hydrogen-bond acceptors (Lipinski definition) is 5. The summed E-state index contributed by atoms with van der Waals surface area (Å²) in [7, 11) is 0. The third-order valence-corrected chi connectivity index (χ3v) is 4.17. The van der Waals surface area contributed by atoms with Crippen LogP contribution in [-0.4, -0.2) is 37.5 Å². The Labute approximate surface area is 129 Å². The molecule has 116 valence electrons. The summed E-state index contributed by atoms with van der Waals surface area (Å²) in [6.07, 6.45) is 7.21. The van der Waals surface area contributed by atoms with Crippen LogP contribution in [0.1, 0.15) is 24.4 Å². The number of aromatic nitrogens is 4. The molecule has 2 aromatic heterocycles. The van der Waals surface area contributed by atoms with Crippen molar-refractivity contribution in [3.8, 4) is 0 Å². The lowest BCUT2D eigenvalue weighted by atomic mass is 9.96. The monoisotopic (exact) mass is 299 g/mol. The first-order chi connectivity index (χ1) is 10.7. The second-order valence-corrected chi connectivity index (χ2v) is 5.89. The number of hydrogen-bond donors (Lipinski definition) is 0. The van der Waals surface area contributed by atoms with Crippen LogP contribution in [0.25, 0.3) is 0 Å². The lowest BCUT2D eigenvalue weighted by Crippen LogP contribution is -2.36. The molecule has 22 heavy (non-hydrogen) atoms. The van der Waals surface area contributed by atoms with Crippen LogP contribution in [0.3, 0.4) is 0 Å². The summed E-state index contributed by atoms with van der Waals surface area (Å²) in [5, 5.41) is 0. The van der Waals surface area contributed by atoms with Gasteiger partial charge in [-0.3, -0.25) is 14.3 Å². The van der Waals surface area contributed by atoms with Gasteiger partial charge in [-0.2, -0.15) is 0 Å². The summed E-state index contributed by atoms with van der Waals surface area (Å²) < 4.78 is 1.72. The molecule has 0 bridgehead atoms. The van der Waals surface area contributed by atoms with E-state index in [1.54, 1.807) is 17.1 Å². The highest BCUT2D eigenvalue weighted by molar-refractivity contribution is 5.01. The summed E-state index contributed by atoms with van der Waals surface area (Å²) in [4.78, 5) is 26.8. The molecule has 0 aliphatic carbocycles. The third kappa shape index (κ3) is 3.76. The highest BCUT2D eigenvalue weighted by Crippen LogP contribution is 2.19. The Kier molecular flexibility index (Phi) is 4.58. The Morgan fingerprint density at radius 1 is 1.23 bits per heavy atom. The average Bonchev–Trinajstić information content (AvgIpc) is 2.52. The topological polar surface area (TPSA) is 63.9 Å². The van der Waals surface area contributed by atoms with Crippen LogP contribution in [-0.2, 0) is 13.1 Å². The SMILES string of the molecule is Cc1nccc(CN2CCC(Cn3cnccc3=O)CC2)n1. The van der Waals surface area contributed by atoms with E-state index in [-0.39, 0.29) is 5.56 Å². The van der Waals surface area contributed by atoms with Gasteiger partial charge in [-0.15, -0.1) is 0 Å². The van der Waals surface area contributed by atoms with Crippen LogP contribution in [0.4, 0.5) is 0 Å². The molecule has 1 aliphatic rings. The second kappa shape index (κ2) is 6.79. The first kappa shape index (κ1) is 14.8. The number of likely N-dealkylation sites (tertiary alicyclic amines) is 1. The molecule has 0 amide bonds. The maximum atomic E-state index is 11.7. The molecule has 6 heteroatoms. The van der Waals surface area contributed by atoms with E-state index in [9.17, 15) is 4.79 Å². The Morgan fingerprint density at radius 2 is 2.05 bits per heavy atom. The van der Waals surface area contributed by atoms with Crippen molar-refractivity contribution in [2.75, 3.05) is 13.1 Å². The van der Waals surface area contributed by atoms with Crippen LogP contribution in [0.2, 0.25) is 0 Å². The minimum Gasteiger partial charge on any atom is -0.299 e.